The fraction of sp³-hybridized carbons (Fsp3) is 0.133. The predicted molar refractivity (Wildman–Crippen MR) is 71.4 cm³/mol. The second-order valence-electron chi connectivity index (χ2n) is 4.06. The lowest BCUT2D eigenvalue weighted by Crippen LogP contribution is -2.06. The first-order valence-corrected chi connectivity index (χ1v) is 5.83. The molecule has 0 heterocycles. The Hall–Kier alpha value is -2.36. The van der Waals surface area contributed by atoms with E-state index in [0.29, 0.717) is 17.7 Å². The number of hydrogen-bond donors (Lipinski definition) is 1. The topological polar surface area (TPSA) is 41.8 Å². The number of nitrogens with zero attached hydrogens (tertiary/aromatic N) is 1. The van der Waals surface area contributed by atoms with Crippen LogP contribution in [0.2, 0.25) is 0 Å². The van der Waals surface area contributed by atoms with Crippen LogP contribution < -0.4 is 4.74 Å². The van der Waals surface area contributed by atoms with Crippen LogP contribution in [-0.2, 0) is 6.42 Å². The van der Waals surface area contributed by atoms with Gasteiger partial charge in [-0.2, -0.15) is 0 Å². The summed E-state index contributed by atoms with van der Waals surface area (Å²) in [5, 5.41) is 12.4. The molecule has 4 heteroatoms. The van der Waals surface area contributed by atoms with E-state index < -0.39 is 5.82 Å². The van der Waals surface area contributed by atoms with Gasteiger partial charge in [0.1, 0.15) is 0 Å². The second kappa shape index (κ2) is 6.00. The van der Waals surface area contributed by atoms with Gasteiger partial charge in [0.2, 0.25) is 0 Å². The minimum absolute atomic E-state index is 0.167. The van der Waals surface area contributed by atoms with Crippen molar-refractivity contribution < 1.29 is 14.3 Å². The van der Waals surface area contributed by atoms with E-state index in [1.165, 1.54) is 19.2 Å². The van der Waals surface area contributed by atoms with Crippen LogP contribution in [0.3, 0.4) is 0 Å². The van der Waals surface area contributed by atoms with Crippen LogP contribution in [0.25, 0.3) is 0 Å². The Bertz CT molecular complexity index is 582. The normalized spacial score (nSPS) is 11.4. The summed E-state index contributed by atoms with van der Waals surface area (Å²) in [7, 11) is 1.41. The van der Waals surface area contributed by atoms with E-state index in [1.807, 2.05) is 30.3 Å². The zero-order chi connectivity index (χ0) is 13.7. The van der Waals surface area contributed by atoms with Gasteiger partial charge in [-0.15, -0.1) is 0 Å². The standard InChI is InChI=1S/C15H14FNO2/c1-19-15-8-7-12(10-13(15)16)14(17-18)9-11-5-3-2-4-6-11/h2-8,10,18H,9H2,1H3/b17-14+. The molecule has 0 amide bonds. The number of halogens is 1. The SMILES string of the molecule is COc1ccc(/C(Cc2ccccc2)=N/O)cc1F. The van der Waals surface area contributed by atoms with Gasteiger partial charge in [-0.25, -0.2) is 4.39 Å². The van der Waals surface area contributed by atoms with Gasteiger partial charge in [0.05, 0.1) is 12.8 Å². The quantitative estimate of drug-likeness (QED) is 0.520. The maximum absolute atomic E-state index is 13.6. The van der Waals surface area contributed by atoms with E-state index in [9.17, 15) is 4.39 Å². The summed E-state index contributed by atoms with van der Waals surface area (Å²) in [6, 6.07) is 14.0. The summed E-state index contributed by atoms with van der Waals surface area (Å²) in [5.74, 6) is -0.310. The molecule has 0 atom stereocenters. The van der Waals surface area contributed by atoms with Crippen molar-refractivity contribution in [1.29, 1.82) is 0 Å². The Morgan fingerprint density at radius 2 is 1.95 bits per heavy atom. The molecule has 0 saturated heterocycles. The number of methoxy groups -OCH3 is 1. The number of hydrogen-bond acceptors (Lipinski definition) is 3. The van der Waals surface area contributed by atoms with E-state index in [0.717, 1.165) is 5.56 Å². The molecule has 0 aliphatic rings. The third-order valence-electron chi connectivity index (χ3n) is 2.82. The van der Waals surface area contributed by atoms with Crippen molar-refractivity contribution in [2.45, 2.75) is 6.42 Å². The molecule has 0 saturated carbocycles. The molecule has 19 heavy (non-hydrogen) atoms. The third-order valence-corrected chi connectivity index (χ3v) is 2.82. The van der Waals surface area contributed by atoms with Crippen LogP contribution >= 0.6 is 0 Å². The Kier molecular flexibility index (Phi) is 4.13. The Morgan fingerprint density at radius 3 is 2.53 bits per heavy atom. The van der Waals surface area contributed by atoms with E-state index in [-0.39, 0.29) is 5.75 Å². The highest BCUT2D eigenvalue weighted by molar-refractivity contribution is 6.01. The van der Waals surface area contributed by atoms with E-state index in [4.69, 9.17) is 9.94 Å². The fourth-order valence-electron chi connectivity index (χ4n) is 1.83. The van der Waals surface area contributed by atoms with Crippen LogP contribution in [0.15, 0.2) is 53.7 Å². The smallest absolute Gasteiger partial charge is 0.165 e. The van der Waals surface area contributed by atoms with Gasteiger partial charge >= 0.3 is 0 Å². The van der Waals surface area contributed by atoms with Crippen LogP contribution in [0.1, 0.15) is 11.1 Å². The summed E-state index contributed by atoms with van der Waals surface area (Å²) in [4.78, 5) is 0. The van der Waals surface area contributed by atoms with Crippen molar-refractivity contribution in [2.75, 3.05) is 7.11 Å². The summed E-state index contributed by atoms with van der Waals surface area (Å²) >= 11 is 0. The molecule has 2 rings (SSSR count). The van der Waals surface area contributed by atoms with Gasteiger partial charge < -0.3 is 9.94 Å². The first-order chi connectivity index (χ1) is 9.24. The van der Waals surface area contributed by atoms with Crippen molar-refractivity contribution in [2.24, 2.45) is 5.16 Å². The highest BCUT2D eigenvalue weighted by atomic mass is 19.1. The van der Waals surface area contributed by atoms with E-state index in [1.54, 1.807) is 6.07 Å². The molecule has 3 nitrogen and oxygen atoms in total. The van der Waals surface area contributed by atoms with Gasteiger partial charge in [0.15, 0.2) is 11.6 Å². The summed E-state index contributed by atoms with van der Waals surface area (Å²) < 4.78 is 18.5. The van der Waals surface area contributed by atoms with Gasteiger partial charge in [-0.05, 0) is 23.8 Å². The molecule has 0 radical (unpaired) electrons. The minimum atomic E-state index is -0.478. The van der Waals surface area contributed by atoms with Crippen LogP contribution in [0.5, 0.6) is 5.75 Å². The minimum Gasteiger partial charge on any atom is -0.494 e. The first-order valence-electron chi connectivity index (χ1n) is 5.83. The van der Waals surface area contributed by atoms with Crippen molar-refractivity contribution in [3.63, 3.8) is 0 Å². The summed E-state index contributed by atoms with van der Waals surface area (Å²) in [6.07, 6.45) is 0.434. The molecule has 0 unspecified atom stereocenters. The average Bonchev–Trinajstić information content (AvgIpc) is 2.46. The number of rotatable bonds is 4. The molecule has 0 bridgehead atoms. The maximum atomic E-state index is 13.6. The highest BCUT2D eigenvalue weighted by Gasteiger charge is 2.10. The lowest BCUT2D eigenvalue weighted by Gasteiger charge is -2.07. The van der Waals surface area contributed by atoms with Crippen molar-refractivity contribution in [3.05, 3.63) is 65.5 Å². The van der Waals surface area contributed by atoms with E-state index in [2.05, 4.69) is 5.16 Å². The first kappa shape index (κ1) is 13.1. The molecule has 0 aliphatic carbocycles. The lowest BCUT2D eigenvalue weighted by molar-refractivity contribution is 0.318. The fourth-order valence-corrected chi connectivity index (χ4v) is 1.83. The monoisotopic (exact) mass is 259 g/mol. The molecule has 2 aromatic rings. The molecule has 1 N–H and O–H groups in total. The van der Waals surface area contributed by atoms with Crippen LogP contribution in [0, 0.1) is 5.82 Å². The van der Waals surface area contributed by atoms with Crippen molar-refractivity contribution >= 4 is 5.71 Å². The number of benzene rings is 2. The van der Waals surface area contributed by atoms with Gasteiger partial charge in [0, 0.05) is 12.0 Å². The molecule has 0 spiro atoms. The summed E-state index contributed by atoms with van der Waals surface area (Å²) in [6.45, 7) is 0. The van der Waals surface area contributed by atoms with E-state index >= 15 is 0 Å². The molecular weight excluding hydrogens is 245 g/mol. The number of ether oxygens (including phenoxy) is 1. The Labute approximate surface area is 111 Å². The maximum Gasteiger partial charge on any atom is 0.165 e. The van der Waals surface area contributed by atoms with Crippen LogP contribution in [0.4, 0.5) is 4.39 Å². The van der Waals surface area contributed by atoms with Gasteiger partial charge in [0.25, 0.3) is 0 Å². The Morgan fingerprint density at radius 1 is 1.21 bits per heavy atom. The lowest BCUT2D eigenvalue weighted by atomic mass is 10.0. The number of oxime groups is 1. The predicted octanol–water partition coefficient (Wildman–Crippen LogP) is 3.26. The molecule has 0 fully saturated rings. The van der Waals surface area contributed by atoms with Gasteiger partial charge in [-0.3, -0.25) is 0 Å². The molecule has 0 aliphatic heterocycles. The zero-order valence-corrected chi connectivity index (χ0v) is 10.5. The average molecular weight is 259 g/mol. The van der Waals surface area contributed by atoms with Crippen molar-refractivity contribution in [3.8, 4) is 5.75 Å². The molecular formula is C15H14FNO2. The third kappa shape index (κ3) is 3.10. The van der Waals surface area contributed by atoms with Crippen LogP contribution in [-0.4, -0.2) is 18.0 Å². The Balaban J connectivity index is 2.26. The van der Waals surface area contributed by atoms with Crippen molar-refractivity contribution in [1.82, 2.24) is 0 Å². The van der Waals surface area contributed by atoms with Gasteiger partial charge in [-0.1, -0.05) is 35.5 Å². The highest BCUT2D eigenvalue weighted by Crippen LogP contribution is 2.19. The summed E-state index contributed by atoms with van der Waals surface area (Å²) in [5.41, 5.74) is 1.93. The second-order valence-corrected chi connectivity index (χ2v) is 4.06. The zero-order valence-electron chi connectivity index (χ0n) is 10.5. The molecule has 0 aromatic heterocycles. The molecule has 98 valence electrons. The molecule has 2 aromatic carbocycles. The largest absolute Gasteiger partial charge is 0.494 e.